The molecule has 7 nitrogen and oxygen atoms in total. The highest BCUT2D eigenvalue weighted by molar-refractivity contribution is 7.99. The quantitative estimate of drug-likeness (QED) is 0.426. The van der Waals surface area contributed by atoms with E-state index >= 15 is 0 Å². The minimum atomic E-state index is -0.903. The predicted octanol–water partition coefficient (Wildman–Crippen LogP) is -0.196. The molecule has 0 rings (SSSR count). The van der Waals surface area contributed by atoms with Crippen LogP contribution in [0.3, 0.4) is 0 Å². The van der Waals surface area contributed by atoms with E-state index in [2.05, 4.69) is 10.1 Å². The van der Waals surface area contributed by atoms with Crippen LogP contribution in [0.15, 0.2) is 0 Å². The first-order chi connectivity index (χ1) is 9.36. The number of amides is 1. The molecule has 1 atom stereocenters. The van der Waals surface area contributed by atoms with Crippen LogP contribution in [0.5, 0.6) is 0 Å². The van der Waals surface area contributed by atoms with Crippen LogP contribution in [-0.2, 0) is 19.1 Å². The molecule has 2 N–H and O–H groups in total. The molecule has 0 heterocycles. The van der Waals surface area contributed by atoms with Crippen molar-refractivity contribution >= 4 is 29.6 Å². The maximum atomic E-state index is 11.7. The molecule has 0 aliphatic heterocycles. The summed E-state index contributed by atoms with van der Waals surface area (Å²) in [7, 11) is 4.97. The van der Waals surface area contributed by atoms with Gasteiger partial charge in [-0.15, -0.1) is 0 Å². The lowest BCUT2D eigenvalue weighted by Gasteiger charge is -2.17. The number of thioether (sulfide) groups is 1. The highest BCUT2D eigenvalue weighted by Gasteiger charge is 2.21. The van der Waals surface area contributed by atoms with Gasteiger partial charge in [-0.3, -0.25) is 9.59 Å². The molecule has 0 fully saturated rings. The number of methoxy groups -OCH3 is 1. The minimum Gasteiger partial charge on any atom is -0.481 e. The Morgan fingerprint density at radius 2 is 2.00 bits per heavy atom. The number of ether oxygens (including phenoxy) is 1. The van der Waals surface area contributed by atoms with Gasteiger partial charge in [0.2, 0.25) is 5.91 Å². The summed E-state index contributed by atoms with van der Waals surface area (Å²) in [5.41, 5.74) is 0. The van der Waals surface area contributed by atoms with Crippen molar-refractivity contribution in [2.45, 2.75) is 18.9 Å². The Bertz CT molecular complexity index is 336. The molecule has 0 aliphatic rings. The van der Waals surface area contributed by atoms with Crippen molar-refractivity contribution in [1.29, 1.82) is 0 Å². The van der Waals surface area contributed by atoms with Crippen molar-refractivity contribution in [2.75, 3.05) is 39.3 Å². The minimum absolute atomic E-state index is 0.0253. The molecule has 0 unspecified atom stereocenters. The molecule has 20 heavy (non-hydrogen) atoms. The van der Waals surface area contributed by atoms with Gasteiger partial charge in [0.15, 0.2) is 0 Å². The Balaban J connectivity index is 4.17. The summed E-state index contributed by atoms with van der Waals surface area (Å²) in [5, 5.41) is 11.1. The number of carboxylic acids is 1. The standard InChI is InChI=1S/C12H22N2O5S/c1-14(2)6-4-10(15)13-9(12(18)19-3)5-7-20-8-11(16)17/h9H,4-8H2,1-3H3,(H,13,15)(H,16,17)/t9-/m0/s1. The van der Waals surface area contributed by atoms with Crippen molar-refractivity contribution in [3.05, 3.63) is 0 Å². The highest BCUT2D eigenvalue weighted by atomic mass is 32.2. The smallest absolute Gasteiger partial charge is 0.328 e. The van der Waals surface area contributed by atoms with Crippen LogP contribution in [-0.4, -0.2) is 73.1 Å². The average Bonchev–Trinajstić information content (AvgIpc) is 2.38. The Labute approximate surface area is 123 Å². The number of esters is 1. The zero-order valence-corrected chi connectivity index (χ0v) is 12.9. The molecule has 0 aromatic rings. The zero-order chi connectivity index (χ0) is 15.5. The predicted molar refractivity (Wildman–Crippen MR) is 76.7 cm³/mol. The largest absolute Gasteiger partial charge is 0.481 e. The molecule has 116 valence electrons. The number of hydrogen-bond donors (Lipinski definition) is 2. The number of aliphatic carboxylic acids is 1. The first kappa shape index (κ1) is 18.7. The van der Waals surface area contributed by atoms with E-state index in [9.17, 15) is 14.4 Å². The Hall–Kier alpha value is -1.28. The Kier molecular flexibility index (Phi) is 9.83. The number of rotatable bonds is 10. The van der Waals surface area contributed by atoms with Crippen LogP contribution in [0, 0.1) is 0 Å². The van der Waals surface area contributed by atoms with Gasteiger partial charge in [0.25, 0.3) is 0 Å². The van der Waals surface area contributed by atoms with E-state index in [4.69, 9.17) is 5.11 Å². The van der Waals surface area contributed by atoms with E-state index in [1.807, 2.05) is 19.0 Å². The number of carbonyl (C=O) groups is 3. The highest BCUT2D eigenvalue weighted by Crippen LogP contribution is 2.06. The van der Waals surface area contributed by atoms with Crippen LogP contribution in [0.4, 0.5) is 0 Å². The van der Waals surface area contributed by atoms with Crippen LogP contribution in [0.2, 0.25) is 0 Å². The normalized spacial score (nSPS) is 12.0. The molecule has 0 saturated heterocycles. The van der Waals surface area contributed by atoms with Gasteiger partial charge in [-0.25, -0.2) is 4.79 Å². The third kappa shape index (κ3) is 9.62. The second kappa shape index (κ2) is 10.5. The van der Waals surface area contributed by atoms with Crippen molar-refractivity contribution < 1.29 is 24.2 Å². The molecule has 8 heteroatoms. The average molecular weight is 306 g/mol. The van der Waals surface area contributed by atoms with Gasteiger partial charge in [-0.1, -0.05) is 0 Å². The molecular weight excluding hydrogens is 284 g/mol. The number of nitrogens with one attached hydrogen (secondary N) is 1. The summed E-state index contributed by atoms with van der Waals surface area (Å²) < 4.78 is 4.63. The van der Waals surface area contributed by atoms with Gasteiger partial charge < -0.3 is 20.1 Å². The van der Waals surface area contributed by atoms with Crippen LogP contribution in [0.1, 0.15) is 12.8 Å². The lowest BCUT2D eigenvalue weighted by atomic mass is 10.2. The van der Waals surface area contributed by atoms with Gasteiger partial charge in [-0.2, -0.15) is 11.8 Å². The molecule has 0 aromatic heterocycles. The fourth-order valence-electron chi connectivity index (χ4n) is 1.34. The van der Waals surface area contributed by atoms with E-state index in [0.717, 1.165) is 0 Å². The van der Waals surface area contributed by atoms with Crippen LogP contribution in [0.25, 0.3) is 0 Å². The molecule has 0 bridgehead atoms. The van der Waals surface area contributed by atoms with E-state index in [1.165, 1.54) is 18.9 Å². The van der Waals surface area contributed by atoms with E-state index < -0.39 is 18.0 Å². The Morgan fingerprint density at radius 3 is 2.50 bits per heavy atom. The van der Waals surface area contributed by atoms with Gasteiger partial charge >= 0.3 is 11.9 Å². The van der Waals surface area contributed by atoms with Gasteiger partial charge in [0.1, 0.15) is 6.04 Å². The maximum absolute atomic E-state index is 11.7. The molecule has 0 aliphatic carbocycles. The third-order valence-electron chi connectivity index (χ3n) is 2.38. The van der Waals surface area contributed by atoms with Crippen LogP contribution < -0.4 is 5.32 Å². The Morgan fingerprint density at radius 1 is 1.35 bits per heavy atom. The summed E-state index contributed by atoms with van der Waals surface area (Å²) in [6, 6.07) is -0.726. The first-order valence-electron chi connectivity index (χ1n) is 6.18. The van der Waals surface area contributed by atoms with Crippen molar-refractivity contribution in [3.8, 4) is 0 Å². The summed E-state index contributed by atoms with van der Waals surface area (Å²) in [5.74, 6) is -1.21. The molecular formula is C12H22N2O5S. The summed E-state index contributed by atoms with van der Waals surface area (Å²) >= 11 is 1.20. The first-order valence-corrected chi connectivity index (χ1v) is 7.33. The van der Waals surface area contributed by atoms with Crippen molar-refractivity contribution in [2.24, 2.45) is 0 Å². The molecule has 0 saturated carbocycles. The monoisotopic (exact) mass is 306 g/mol. The second-order valence-corrected chi connectivity index (χ2v) is 5.54. The number of carbonyl (C=O) groups excluding carboxylic acids is 2. The molecule has 0 radical (unpaired) electrons. The fraction of sp³-hybridized carbons (Fsp3) is 0.750. The van der Waals surface area contributed by atoms with Gasteiger partial charge in [0.05, 0.1) is 12.9 Å². The summed E-state index contributed by atoms with van der Waals surface area (Å²) in [4.78, 5) is 35.5. The van der Waals surface area contributed by atoms with E-state index in [1.54, 1.807) is 0 Å². The number of hydrogen-bond acceptors (Lipinski definition) is 6. The molecule has 0 spiro atoms. The summed E-state index contributed by atoms with van der Waals surface area (Å²) in [6.45, 7) is 0.591. The summed E-state index contributed by atoms with van der Waals surface area (Å²) in [6.07, 6.45) is 0.640. The zero-order valence-electron chi connectivity index (χ0n) is 12.0. The van der Waals surface area contributed by atoms with Gasteiger partial charge in [0, 0.05) is 13.0 Å². The maximum Gasteiger partial charge on any atom is 0.328 e. The van der Waals surface area contributed by atoms with Crippen LogP contribution >= 0.6 is 11.8 Å². The topological polar surface area (TPSA) is 95.9 Å². The lowest BCUT2D eigenvalue weighted by molar-refractivity contribution is -0.145. The van der Waals surface area contributed by atoms with Gasteiger partial charge in [-0.05, 0) is 26.3 Å². The van der Waals surface area contributed by atoms with Crippen molar-refractivity contribution in [3.63, 3.8) is 0 Å². The SMILES string of the molecule is COC(=O)[C@H](CCSCC(=O)O)NC(=O)CCN(C)C. The number of nitrogens with zero attached hydrogens (tertiary/aromatic N) is 1. The molecule has 1 amide bonds. The van der Waals surface area contributed by atoms with E-state index in [0.29, 0.717) is 25.1 Å². The lowest BCUT2D eigenvalue weighted by Crippen LogP contribution is -2.42. The molecule has 0 aromatic carbocycles. The van der Waals surface area contributed by atoms with Crippen molar-refractivity contribution in [1.82, 2.24) is 10.2 Å². The second-order valence-electron chi connectivity index (χ2n) is 4.43. The number of carboxylic acid groups (broad SMARTS) is 1. The fourth-order valence-corrected chi connectivity index (χ4v) is 2.06. The van der Waals surface area contributed by atoms with E-state index in [-0.39, 0.29) is 11.7 Å². The third-order valence-corrected chi connectivity index (χ3v) is 3.36.